The average molecular weight is 787 g/mol. The number of aliphatic hydroxyl groups excluding tert-OH is 1. The first-order valence-corrected chi connectivity index (χ1v) is 15.5. The molecule has 0 radical (unpaired) electrons. The zero-order valence-electron chi connectivity index (χ0n) is 27.5. The number of ether oxygens (including phenoxy) is 5. The Morgan fingerprint density at radius 2 is 0.929 bits per heavy atom. The van der Waals surface area contributed by atoms with Crippen LogP contribution >= 0.6 is 0 Å². The van der Waals surface area contributed by atoms with E-state index < -0.39 is 164 Å². The molecule has 2 aliphatic heterocycles. The smallest absolute Gasteiger partial charge is 0.339 e. The molecular formula is C34H26O22. The third kappa shape index (κ3) is 6.45. The normalized spacial score (nSPS) is 20.3. The van der Waals surface area contributed by atoms with Crippen LogP contribution in [-0.2, 0) is 23.7 Å². The number of hydrogen-bond donors (Lipinski definition) is 13. The number of benzene rings is 4. The summed E-state index contributed by atoms with van der Waals surface area (Å²) in [5.41, 5.74) is -5.16. The van der Waals surface area contributed by atoms with Crippen LogP contribution in [0.5, 0.6) is 69.0 Å². The van der Waals surface area contributed by atoms with Crippen LogP contribution in [0.4, 0.5) is 0 Å². The van der Waals surface area contributed by atoms with Crippen molar-refractivity contribution in [3.8, 4) is 80.1 Å². The molecule has 6 rings (SSSR count). The van der Waals surface area contributed by atoms with Crippen LogP contribution < -0.4 is 0 Å². The molecule has 1 saturated heterocycles. The van der Waals surface area contributed by atoms with Gasteiger partial charge in [-0.25, -0.2) is 19.2 Å². The number of phenolic OH excluding ortho intramolecular Hbond substituents is 12. The minimum Gasteiger partial charge on any atom is -0.504 e. The SMILES string of the molecule is O=C(OC[C@H]1OC(O)[C@@H]2OC(=O)c3cc(O)c(O)c(O)c3-c3c(cc(O)c(O)c3O)C(=O)O[C@H]2[C@@H]1OC(=O)c1cc(O)c(O)c(O)c1)c1cc(O)c(O)c(O)c1. The predicted molar refractivity (Wildman–Crippen MR) is 174 cm³/mol. The number of hydrogen-bond acceptors (Lipinski definition) is 22. The summed E-state index contributed by atoms with van der Waals surface area (Å²) in [4.78, 5) is 54.1. The Balaban J connectivity index is 1.48. The van der Waals surface area contributed by atoms with Crippen LogP contribution in [0.15, 0.2) is 36.4 Å². The maximum Gasteiger partial charge on any atom is 0.339 e. The van der Waals surface area contributed by atoms with Gasteiger partial charge >= 0.3 is 23.9 Å². The first-order chi connectivity index (χ1) is 26.3. The fourth-order valence-electron chi connectivity index (χ4n) is 5.80. The van der Waals surface area contributed by atoms with Gasteiger partial charge in [0.1, 0.15) is 12.7 Å². The van der Waals surface area contributed by atoms with Crippen LogP contribution in [0.3, 0.4) is 0 Å². The van der Waals surface area contributed by atoms with Crippen LogP contribution in [0.2, 0.25) is 0 Å². The van der Waals surface area contributed by atoms with Gasteiger partial charge in [-0.3, -0.25) is 0 Å². The third-order valence-corrected chi connectivity index (χ3v) is 8.53. The number of fused-ring (bicyclic) bond motifs is 4. The number of aromatic hydroxyl groups is 12. The first-order valence-electron chi connectivity index (χ1n) is 15.5. The Labute approximate surface area is 309 Å². The summed E-state index contributed by atoms with van der Waals surface area (Å²) >= 11 is 0. The number of phenols is 12. The second kappa shape index (κ2) is 13.9. The van der Waals surface area contributed by atoms with Crippen molar-refractivity contribution in [2.75, 3.05) is 6.61 Å². The zero-order valence-corrected chi connectivity index (χ0v) is 27.5. The quantitative estimate of drug-likeness (QED) is 0.0751. The standard InChI is InChI=1S/C34H26O22/c35-12-1-8(2-13(36)21(12)41)30(47)52-7-18-27(54-31(48)9-3-14(37)22(42)15(38)4-9)28-29(34(51)53-18)56-33(50)11-6-17(40)24(44)26(46)20(11)19-10(32(49)55-28)5-16(39)23(43)25(19)45/h1-6,18,27-29,34-46,51H,7H2/t18-,27-,28+,29-,34?/m1/s1. The highest BCUT2D eigenvalue weighted by atomic mass is 16.7. The second-order valence-electron chi connectivity index (χ2n) is 12.0. The first kappa shape index (κ1) is 38.0. The minimum absolute atomic E-state index is 0.475. The molecule has 22 heteroatoms. The second-order valence-corrected chi connectivity index (χ2v) is 12.0. The van der Waals surface area contributed by atoms with E-state index in [4.69, 9.17) is 23.7 Å². The zero-order chi connectivity index (χ0) is 41.1. The van der Waals surface area contributed by atoms with Crippen molar-refractivity contribution < 1.29 is 109 Å². The molecule has 294 valence electrons. The van der Waals surface area contributed by atoms with E-state index >= 15 is 0 Å². The van der Waals surface area contributed by atoms with E-state index in [9.17, 15) is 85.6 Å². The van der Waals surface area contributed by atoms with Gasteiger partial charge in [0.25, 0.3) is 0 Å². The maximum atomic E-state index is 14.0. The lowest BCUT2D eigenvalue weighted by Gasteiger charge is -2.43. The van der Waals surface area contributed by atoms with Crippen molar-refractivity contribution in [1.29, 1.82) is 0 Å². The molecule has 13 N–H and O–H groups in total. The summed E-state index contributed by atoms with van der Waals surface area (Å²) in [5.74, 6) is -19.9. The summed E-state index contributed by atoms with van der Waals surface area (Å²) in [7, 11) is 0. The maximum absolute atomic E-state index is 14.0. The van der Waals surface area contributed by atoms with Crippen LogP contribution in [0.1, 0.15) is 41.4 Å². The minimum atomic E-state index is -2.41. The molecule has 4 aromatic rings. The number of carbonyl (C=O) groups excluding carboxylic acids is 4. The summed E-state index contributed by atoms with van der Waals surface area (Å²) in [6.07, 6.45) is -11.1. The molecule has 0 aromatic heterocycles. The van der Waals surface area contributed by atoms with Crippen molar-refractivity contribution in [3.63, 3.8) is 0 Å². The summed E-state index contributed by atoms with van der Waals surface area (Å²) in [6.45, 7) is -1.08. The Hall–Kier alpha value is -7.72. The monoisotopic (exact) mass is 786 g/mol. The van der Waals surface area contributed by atoms with Crippen molar-refractivity contribution in [3.05, 3.63) is 58.7 Å². The van der Waals surface area contributed by atoms with Crippen molar-refractivity contribution in [1.82, 2.24) is 0 Å². The molecule has 0 aliphatic carbocycles. The molecule has 0 spiro atoms. The highest BCUT2D eigenvalue weighted by Gasteiger charge is 2.53. The van der Waals surface area contributed by atoms with E-state index in [1.165, 1.54) is 0 Å². The molecule has 2 heterocycles. The highest BCUT2D eigenvalue weighted by molar-refractivity contribution is 6.08. The molecule has 56 heavy (non-hydrogen) atoms. The van der Waals surface area contributed by atoms with Gasteiger partial charge in [0.05, 0.1) is 22.3 Å². The highest BCUT2D eigenvalue weighted by Crippen LogP contribution is 2.53. The van der Waals surface area contributed by atoms with Crippen molar-refractivity contribution >= 4 is 23.9 Å². The van der Waals surface area contributed by atoms with Gasteiger partial charge in [-0.1, -0.05) is 0 Å². The van der Waals surface area contributed by atoms with E-state index in [2.05, 4.69) is 0 Å². The molecule has 5 atom stereocenters. The Morgan fingerprint density at radius 1 is 0.536 bits per heavy atom. The predicted octanol–water partition coefficient (Wildman–Crippen LogP) is 0.685. The van der Waals surface area contributed by atoms with E-state index in [1.807, 2.05) is 0 Å². The lowest BCUT2D eigenvalue weighted by atomic mass is 9.91. The molecule has 0 bridgehead atoms. The molecule has 1 unspecified atom stereocenters. The number of esters is 4. The molecule has 0 amide bonds. The molecule has 4 aromatic carbocycles. The fourth-order valence-corrected chi connectivity index (χ4v) is 5.80. The van der Waals surface area contributed by atoms with Gasteiger partial charge in [-0.15, -0.1) is 0 Å². The van der Waals surface area contributed by atoms with Gasteiger partial charge in [0, 0.05) is 11.1 Å². The van der Waals surface area contributed by atoms with Gasteiger partial charge in [-0.2, -0.15) is 0 Å². The molecule has 0 saturated carbocycles. The van der Waals surface area contributed by atoms with Gasteiger partial charge in [0.2, 0.25) is 11.5 Å². The van der Waals surface area contributed by atoms with Gasteiger partial charge < -0.3 is 90.1 Å². The van der Waals surface area contributed by atoms with E-state index in [1.54, 1.807) is 0 Å². The van der Waals surface area contributed by atoms with Crippen LogP contribution in [0, 0.1) is 0 Å². The average Bonchev–Trinajstić information content (AvgIpc) is 3.14. The topological polar surface area (TPSA) is 377 Å². The van der Waals surface area contributed by atoms with E-state index in [0.717, 1.165) is 0 Å². The lowest BCUT2D eigenvalue weighted by molar-refractivity contribution is -0.284. The molecule has 22 nitrogen and oxygen atoms in total. The molecular weight excluding hydrogens is 760 g/mol. The number of rotatable bonds is 5. The summed E-state index contributed by atoms with van der Waals surface area (Å²) in [5, 5.41) is 133. The summed E-state index contributed by atoms with van der Waals surface area (Å²) in [6, 6.07) is 3.56. The fraction of sp³-hybridized carbons (Fsp3) is 0.176. The van der Waals surface area contributed by atoms with Crippen molar-refractivity contribution in [2.45, 2.75) is 30.7 Å². The van der Waals surface area contributed by atoms with Crippen LogP contribution in [0.25, 0.3) is 11.1 Å². The van der Waals surface area contributed by atoms with Crippen LogP contribution in [-0.4, -0.2) is 128 Å². The lowest BCUT2D eigenvalue weighted by Crippen LogP contribution is -2.62. The molecule has 1 fully saturated rings. The Kier molecular flexibility index (Phi) is 9.45. The van der Waals surface area contributed by atoms with E-state index in [0.29, 0.717) is 36.4 Å². The Morgan fingerprint density at radius 3 is 1.38 bits per heavy atom. The molecule has 2 aliphatic rings. The van der Waals surface area contributed by atoms with Gasteiger partial charge in [0.15, 0.2) is 82.1 Å². The summed E-state index contributed by atoms with van der Waals surface area (Å²) < 4.78 is 26.9. The third-order valence-electron chi connectivity index (χ3n) is 8.53. The van der Waals surface area contributed by atoms with E-state index in [-0.39, 0.29) is 0 Å². The number of aliphatic hydroxyl groups is 1. The van der Waals surface area contributed by atoms with Gasteiger partial charge in [-0.05, 0) is 36.4 Å². The Bertz CT molecular complexity index is 2290. The number of carbonyl (C=O) groups is 4. The largest absolute Gasteiger partial charge is 0.504 e. The van der Waals surface area contributed by atoms with Crippen molar-refractivity contribution in [2.24, 2.45) is 0 Å².